The van der Waals surface area contributed by atoms with E-state index >= 15 is 0 Å². The number of likely N-dealkylation sites (N-methyl/N-ethyl adjacent to an activating group) is 1. The van der Waals surface area contributed by atoms with Crippen molar-refractivity contribution in [3.8, 4) is 0 Å². The second-order valence-electron chi connectivity index (χ2n) is 6.37. The molecule has 0 bridgehead atoms. The number of piperidine rings is 1. The Kier molecular flexibility index (Phi) is 9.26. The molecule has 1 N–H and O–H groups in total. The van der Waals surface area contributed by atoms with Crippen LogP contribution in [0.25, 0.3) is 0 Å². The highest BCUT2D eigenvalue weighted by Crippen LogP contribution is 2.16. The van der Waals surface area contributed by atoms with E-state index in [4.69, 9.17) is 0 Å². The Balaban J connectivity index is 0.00000288. The van der Waals surface area contributed by atoms with Crippen LogP contribution in [0.1, 0.15) is 25.3 Å². The van der Waals surface area contributed by atoms with Gasteiger partial charge >= 0.3 is 0 Å². The Morgan fingerprint density at radius 2 is 2.00 bits per heavy atom. The molecule has 1 aliphatic heterocycles. The van der Waals surface area contributed by atoms with Gasteiger partial charge in [0.2, 0.25) is 5.91 Å². The van der Waals surface area contributed by atoms with Crippen molar-refractivity contribution in [2.24, 2.45) is 5.92 Å². The molecule has 1 amide bonds. The molecule has 0 aromatic heterocycles. The minimum Gasteiger partial charge on any atom is -0.340 e. The maximum absolute atomic E-state index is 13.7. The summed E-state index contributed by atoms with van der Waals surface area (Å²) in [7, 11) is 1.74. The maximum Gasteiger partial charge on any atom is 0.236 e. The van der Waals surface area contributed by atoms with Gasteiger partial charge in [0, 0.05) is 19.2 Å². The monoisotopic (exact) mass is 357 g/mol. The third-order valence-electron chi connectivity index (χ3n) is 4.54. The third kappa shape index (κ3) is 6.38. The quantitative estimate of drug-likeness (QED) is 0.814. The average molecular weight is 358 g/mol. The van der Waals surface area contributed by atoms with Crippen LogP contribution in [0, 0.1) is 11.7 Å². The number of carbonyl (C=O) groups is 1. The molecular weight excluding hydrogens is 329 g/mol. The Labute approximate surface area is 150 Å². The van der Waals surface area contributed by atoms with Gasteiger partial charge in [-0.1, -0.05) is 25.1 Å². The summed E-state index contributed by atoms with van der Waals surface area (Å²) >= 11 is 0. The van der Waals surface area contributed by atoms with Gasteiger partial charge in [0.25, 0.3) is 0 Å². The summed E-state index contributed by atoms with van der Waals surface area (Å²) in [6.07, 6.45) is 2.27. The second-order valence-corrected chi connectivity index (χ2v) is 6.37. The van der Waals surface area contributed by atoms with Crippen LogP contribution >= 0.6 is 12.4 Å². The zero-order valence-corrected chi connectivity index (χ0v) is 15.4. The lowest BCUT2D eigenvalue weighted by Crippen LogP contribution is -2.43. The number of nitrogens with one attached hydrogen (secondary N) is 1. The minimum atomic E-state index is -0.253. The molecule has 4 nitrogen and oxygen atoms in total. The molecule has 2 rings (SSSR count). The number of hydrogen-bond donors (Lipinski definition) is 1. The number of carbonyl (C=O) groups excluding carboxylic acids is 1. The summed E-state index contributed by atoms with van der Waals surface area (Å²) in [6.45, 7) is 6.90. The van der Waals surface area contributed by atoms with Crippen molar-refractivity contribution >= 4 is 18.3 Å². The molecule has 24 heavy (non-hydrogen) atoms. The molecule has 136 valence electrons. The van der Waals surface area contributed by atoms with Crippen LogP contribution < -0.4 is 5.32 Å². The van der Waals surface area contributed by atoms with Crippen LogP contribution in [0.3, 0.4) is 0 Å². The van der Waals surface area contributed by atoms with Crippen LogP contribution in [-0.4, -0.2) is 55.5 Å². The van der Waals surface area contributed by atoms with Crippen LogP contribution in [0.2, 0.25) is 0 Å². The SMILES string of the molecule is CCNCC1CCN(CC(=O)N(C)Cc2ccccc2F)CC1.Cl. The maximum atomic E-state index is 13.7. The van der Waals surface area contributed by atoms with Crippen LogP contribution in [-0.2, 0) is 11.3 Å². The number of nitrogens with zero attached hydrogens (tertiary/aromatic N) is 2. The van der Waals surface area contributed by atoms with E-state index in [1.807, 2.05) is 0 Å². The van der Waals surface area contributed by atoms with Gasteiger partial charge in [-0.15, -0.1) is 12.4 Å². The minimum absolute atomic E-state index is 0. The molecule has 1 aromatic carbocycles. The number of benzene rings is 1. The number of halogens is 2. The fourth-order valence-corrected chi connectivity index (χ4v) is 2.98. The topological polar surface area (TPSA) is 35.6 Å². The third-order valence-corrected chi connectivity index (χ3v) is 4.54. The summed E-state index contributed by atoms with van der Waals surface area (Å²) in [6, 6.07) is 6.62. The first-order valence-corrected chi connectivity index (χ1v) is 8.50. The largest absolute Gasteiger partial charge is 0.340 e. The van der Waals surface area contributed by atoms with Crippen LogP contribution in [0.4, 0.5) is 4.39 Å². The van der Waals surface area contributed by atoms with E-state index in [-0.39, 0.29) is 24.1 Å². The predicted molar refractivity (Wildman–Crippen MR) is 97.8 cm³/mol. The molecule has 0 spiro atoms. The van der Waals surface area contributed by atoms with E-state index in [0.29, 0.717) is 18.7 Å². The normalized spacial score (nSPS) is 15.8. The average Bonchev–Trinajstić information content (AvgIpc) is 2.56. The Morgan fingerprint density at radius 1 is 1.33 bits per heavy atom. The van der Waals surface area contributed by atoms with Gasteiger partial charge in [-0.25, -0.2) is 4.39 Å². The zero-order valence-electron chi connectivity index (χ0n) is 14.6. The van der Waals surface area contributed by atoms with E-state index in [9.17, 15) is 9.18 Å². The van der Waals surface area contributed by atoms with Crippen molar-refractivity contribution in [3.63, 3.8) is 0 Å². The molecule has 0 aliphatic carbocycles. The standard InChI is InChI=1S/C18H28FN3O.ClH/c1-3-20-12-15-8-10-22(11-9-15)14-18(23)21(2)13-16-6-4-5-7-17(16)19;/h4-7,15,20H,3,8-14H2,1-2H3;1H. The summed E-state index contributed by atoms with van der Waals surface area (Å²) < 4.78 is 13.7. The van der Waals surface area contributed by atoms with Crippen molar-refractivity contribution in [2.45, 2.75) is 26.3 Å². The highest BCUT2D eigenvalue weighted by molar-refractivity contribution is 5.85. The van der Waals surface area contributed by atoms with E-state index in [2.05, 4.69) is 17.1 Å². The first-order valence-electron chi connectivity index (χ1n) is 8.50. The smallest absolute Gasteiger partial charge is 0.236 e. The lowest BCUT2D eigenvalue weighted by Gasteiger charge is -2.32. The van der Waals surface area contributed by atoms with Crippen molar-refractivity contribution in [1.29, 1.82) is 0 Å². The van der Waals surface area contributed by atoms with E-state index < -0.39 is 0 Å². The summed E-state index contributed by atoms with van der Waals surface area (Å²) in [5.41, 5.74) is 0.563. The molecule has 1 heterocycles. The molecule has 1 aromatic rings. The lowest BCUT2D eigenvalue weighted by atomic mass is 9.97. The zero-order chi connectivity index (χ0) is 16.7. The first-order chi connectivity index (χ1) is 11.1. The molecule has 1 saturated heterocycles. The first kappa shape index (κ1) is 20.9. The van der Waals surface area contributed by atoms with Gasteiger partial charge in [0.05, 0.1) is 6.54 Å². The second kappa shape index (κ2) is 10.6. The molecule has 0 atom stereocenters. The molecule has 0 unspecified atom stereocenters. The van der Waals surface area contributed by atoms with Gasteiger partial charge in [0.15, 0.2) is 0 Å². The Morgan fingerprint density at radius 3 is 2.62 bits per heavy atom. The number of likely N-dealkylation sites (tertiary alicyclic amines) is 1. The lowest BCUT2D eigenvalue weighted by molar-refractivity contribution is -0.132. The molecule has 6 heteroatoms. The van der Waals surface area contributed by atoms with E-state index in [1.54, 1.807) is 30.1 Å². The van der Waals surface area contributed by atoms with Crippen LogP contribution in [0.5, 0.6) is 0 Å². The van der Waals surface area contributed by atoms with Gasteiger partial charge in [0.1, 0.15) is 5.82 Å². The number of hydrogen-bond acceptors (Lipinski definition) is 3. The summed E-state index contributed by atoms with van der Waals surface area (Å²) in [4.78, 5) is 16.2. The highest BCUT2D eigenvalue weighted by atomic mass is 35.5. The predicted octanol–water partition coefficient (Wildman–Crippen LogP) is 2.53. The van der Waals surface area contributed by atoms with Crippen molar-refractivity contribution in [2.75, 3.05) is 39.8 Å². The van der Waals surface area contributed by atoms with Gasteiger partial charge in [-0.2, -0.15) is 0 Å². The summed E-state index contributed by atoms with van der Waals surface area (Å²) in [5.74, 6) is 0.521. The van der Waals surface area contributed by atoms with Gasteiger partial charge in [-0.05, 0) is 51.0 Å². The molecule has 0 radical (unpaired) electrons. The number of amides is 1. The fourth-order valence-electron chi connectivity index (χ4n) is 2.98. The van der Waals surface area contributed by atoms with E-state index in [1.165, 1.54) is 6.07 Å². The van der Waals surface area contributed by atoms with Gasteiger partial charge in [-0.3, -0.25) is 9.69 Å². The van der Waals surface area contributed by atoms with E-state index in [0.717, 1.165) is 44.9 Å². The fraction of sp³-hybridized carbons (Fsp3) is 0.611. The Bertz CT molecular complexity index is 507. The van der Waals surface area contributed by atoms with Crippen molar-refractivity contribution in [3.05, 3.63) is 35.6 Å². The van der Waals surface area contributed by atoms with Crippen LogP contribution in [0.15, 0.2) is 24.3 Å². The number of rotatable bonds is 7. The molecular formula is C18H29ClFN3O. The van der Waals surface area contributed by atoms with Crippen molar-refractivity contribution in [1.82, 2.24) is 15.1 Å². The molecule has 1 aliphatic rings. The highest BCUT2D eigenvalue weighted by Gasteiger charge is 2.22. The molecule has 0 saturated carbocycles. The summed E-state index contributed by atoms with van der Waals surface area (Å²) in [5, 5.41) is 3.40. The van der Waals surface area contributed by atoms with Crippen molar-refractivity contribution < 1.29 is 9.18 Å². The van der Waals surface area contributed by atoms with Gasteiger partial charge < -0.3 is 10.2 Å². The Hall–Kier alpha value is -1.17. The molecule has 1 fully saturated rings.